The number of piperidine rings is 1. The van der Waals surface area contributed by atoms with E-state index in [2.05, 4.69) is 41.4 Å². The van der Waals surface area contributed by atoms with Crippen molar-refractivity contribution in [2.24, 2.45) is 0 Å². The molecule has 0 bridgehead atoms. The molecule has 1 heterocycles. The molecule has 3 rings (SSSR count). The van der Waals surface area contributed by atoms with Crippen molar-refractivity contribution >= 4 is 5.91 Å². The highest BCUT2D eigenvalue weighted by Gasteiger charge is 2.20. The summed E-state index contributed by atoms with van der Waals surface area (Å²) in [7, 11) is 0. The van der Waals surface area contributed by atoms with E-state index in [-0.39, 0.29) is 5.91 Å². The van der Waals surface area contributed by atoms with E-state index < -0.39 is 6.10 Å². The van der Waals surface area contributed by atoms with Gasteiger partial charge in [0, 0.05) is 19.1 Å². The monoisotopic (exact) mass is 391 g/mol. The number of likely N-dealkylation sites (tertiary alicyclic amines) is 1. The molecule has 152 valence electrons. The molecule has 5 heteroatoms. The first-order valence-electron chi connectivity index (χ1n) is 10.3. The molecule has 1 fully saturated rings. The zero-order chi connectivity index (χ0) is 20.6. The van der Waals surface area contributed by atoms with E-state index >= 15 is 0 Å². The molecule has 1 aliphatic rings. The van der Waals surface area contributed by atoms with E-state index in [0.717, 1.165) is 18.7 Å². The van der Waals surface area contributed by atoms with Crippen LogP contribution < -0.4 is 10.1 Å². The van der Waals surface area contributed by atoms with Crippen molar-refractivity contribution in [3.8, 4) is 11.8 Å². The molecule has 1 saturated heterocycles. The average molecular weight is 392 g/mol. The second-order valence-electron chi connectivity index (χ2n) is 7.67. The summed E-state index contributed by atoms with van der Waals surface area (Å²) in [5, 5.41) is 12.2. The lowest BCUT2D eigenvalue weighted by atomic mass is 10.0. The van der Waals surface area contributed by atoms with Crippen molar-refractivity contribution in [2.45, 2.75) is 58.3 Å². The summed E-state index contributed by atoms with van der Waals surface area (Å²) < 4.78 is 5.71. The number of rotatable bonds is 7. The Morgan fingerprint density at radius 2 is 1.93 bits per heavy atom. The fraction of sp³-hybridized carbons (Fsp3) is 0.417. The average Bonchev–Trinajstić information content (AvgIpc) is 2.74. The summed E-state index contributed by atoms with van der Waals surface area (Å²) in [6, 6.07) is 17.9. The van der Waals surface area contributed by atoms with Gasteiger partial charge >= 0.3 is 0 Å². The number of nitrogens with one attached hydrogen (secondary N) is 1. The standard InChI is InChI=1S/C24H29N3O2/c1-18-9-7-8-14-27(18)17-22-12-4-3-11-21(22)16-26-24(28)19(2)29-23-13-6-5-10-20(23)15-25/h3-6,10-13,18-19H,7-9,14,16-17H2,1-2H3,(H,26,28)/t18-,19+/m1/s1. The Morgan fingerprint density at radius 3 is 2.69 bits per heavy atom. The molecule has 0 aliphatic carbocycles. The van der Waals surface area contributed by atoms with Gasteiger partial charge in [-0.1, -0.05) is 42.8 Å². The Hall–Kier alpha value is -2.84. The Bertz CT molecular complexity index is 874. The van der Waals surface area contributed by atoms with Gasteiger partial charge < -0.3 is 10.1 Å². The summed E-state index contributed by atoms with van der Waals surface area (Å²) in [6.07, 6.45) is 3.13. The van der Waals surface area contributed by atoms with Crippen molar-refractivity contribution < 1.29 is 9.53 Å². The van der Waals surface area contributed by atoms with Gasteiger partial charge in [-0.25, -0.2) is 0 Å². The van der Waals surface area contributed by atoms with Gasteiger partial charge in [-0.2, -0.15) is 5.26 Å². The summed E-state index contributed by atoms with van der Waals surface area (Å²) in [5.74, 6) is 0.232. The van der Waals surface area contributed by atoms with Crippen LogP contribution in [0.15, 0.2) is 48.5 Å². The first-order chi connectivity index (χ1) is 14.1. The number of hydrogen-bond acceptors (Lipinski definition) is 4. The van der Waals surface area contributed by atoms with Crippen LogP contribution in [0.1, 0.15) is 49.8 Å². The van der Waals surface area contributed by atoms with Crippen LogP contribution in [0, 0.1) is 11.3 Å². The molecular formula is C24H29N3O2. The normalized spacial score (nSPS) is 17.9. The number of nitriles is 1. The van der Waals surface area contributed by atoms with Gasteiger partial charge in [-0.15, -0.1) is 0 Å². The van der Waals surface area contributed by atoms with Crippen molar-refractivity contribution in [3.05, 3.63) is 65.2 Å². The number of nitrogens with zero attached hydrogens (tertiary/aromatic N) is 2. The van der Waals surface area contributed by atoms with E-state index in [1.807, 2.05) is 6.07 Å². The molecule has 1 aliphatic heterocycles. The summed E-state index contributed by atoms with van der Waals surface area (Å²) >= 11 is 0. The highest BCUT2D eigenvalue weighted by Crippen LogP contribution is 2.21. The minimum Gasteiger partial charge on any atom is -0.480 e. The van der Waals surface area contributed by atoms with Gasteiger partial charge in [0.2, 0.25) is 0 Å². The zero-order valence-corrected chi connectivity index (χ0v) is 17.2. The lowest BCUT2D eigenvalue weighted by Gasteiger charge is -2.33. The summed E-state index contributed by atoms with van der Waals surface area (Å²) in [4.78, 5) is 15.1. The van der Waals surface area contributed by atoms with Crippen LogP contribution in [0.4, 0.5) is 0 Å². The van der Waals surface area contributed by atoms with E-state index in [4.69, 9.17) is 4.74 Å². The smallest absolute Gasteiger partial charge is 0.261 e. The Morgan fingerprint density at radius 1 is 1.21 bits per heavy atom. The third-order valence-electron chi connectivity index (χ3n) is 5.57. The molecular weight excluding hydrogens is 362 g/mol. The first kappa shape index (κ1) is 20.9. The Labute approximate surface area is 173 Å². The molecule has 0 radical (unpaired) electrons. The van der Waals surface area contributed by atoms with Crippen LogP contribution in [-0.2, 0) is 17.9 Å². The number of amides is 1. The topological polar surface area (TPSA) is 65.4 Å². The molecule has 1 amide bonds. The molecule has 0 aromatic heterocycles. The van der Waals surface area contributed by atoms with Crippen molar-refractivity contribution in [1.29, 1.82) is 5.26 Å². The molecule has 2 aromatic rings. The largest absolute Gasteiger partial charge is 0.480 e. The lowest BCUT2D eigenvalue weighted by molar-refractivity contribution is -0.127. The van der Waals surface area contributed by atoms with Gasteiger partial charge in [0.25, 0.3) is 5.91 Å². The highest BCUT2D eigenvalue weighted by molar-refractivity contribution is 5.80. The van der Waals surface area contributed by atoms with E-state index in [0.29, 0.717) is 23.9 Å². The third-order valence-corrected chi connectivity index (χ3v) is 5.57. The molecule has 0 saturated carbocycles. The minimum atomic E-state index is -0.682. The predicted molar refractivity (Wildman–Crippen MR) is 113 cm³/mol. The molecule has 2 aromatic carbocycles. The first-order valence-corrected chi connectivity index (χ1v) is 10.3. The number of carbonyl (C=O) groups is 1. The number of hydrogen-bond donors (Lipinski definition) is 1. The second kappa shape index (κ2) is 10.1. The van der Waals surface area contributed by atoms with Gasteiger partial charge in [0.15, 0.2) is 6.10 Å². The van der Waals surface area contributed by atoms with Crippen LogP contribution in [0.2, 0.25) is 0 Å². The maximum atomic E-state index is 12.5. The van der Waals surface area contributed by atoms with Crippen LogP contribution in [0.5, 0.6) is 5.75 Å². The summed E-state index contributed by atoms with van der Waals surface area (Å²) in [5.41, 5.74) is 2.81. The van der Waals surface area contributed by atoms with Gasteiger partial charge in [0.05, 0.1) is 5.56 Å². The number of benzene rings is 2. The number of carbonyl (C=O) groups excluding carboxylic acids is 1. The number of para-hydroxylation sites is 1. The second-order valence-corrected chi connectivity index (χ2v) is 7.67. The number of ether oxygens (including phenoxy) is 1. The van der Waals surface area contributed by atoms with Crippen molar-refractivity contribution in [3.63, 3.8) is 0 Å². The van der Waals surface area contributed by atoms with Crippen LogP contribution in [-0.4, -0.2) is 29.5 Å². The summed E-state index contributed by atoms with van der Waals surface area (Å²) in [6.45, 7) is 6.50. The Balaban J connectivity index is 1.59. The molecule has 1 N–H and O–H groups in total. The van der Waals surface area contributed by atoms with E-state index in [9.17, 15) is 10.1 Å². The SMILES string of the molecule is C[C@H](Oc1ccccc1C#N)C(=O)NCc1ccccc1CN1CCCC[C@H]1C. The molecule has 2 atom stereocenters. The van der Waals surface area contributed by atoms with Crippen LogP contribution >= 0.6 is 0 Å². The fourth-order valence-corrected chi connectivity index (χ4v) is 3.73. The van der Waals surface area contributed by atoms with Crippen LogP contribution in [0.25, 0.3) is 0 Å². The highest BCUT2D eigenvalue weighted by atomic mass is 16.5. The van der Waals surface area contributed by atoms with Crippen molar-refractivity contribution in [2.75, 3.05) is 6.54 Å². The van der Waals surface area contributed by atoms with Crippen molar-refractivity contribution in [1.82, 2.24) is 10.2 Å². The fourth-order valence-electron chi connectivity index (χ4n) is 3.73. The third kappa shape index (κ3) is 5.58. The van der Waals surface area contributed by atoms with Crippen LogP contribution in [0.3, 0.4) is 0 Å². The van der Waals surface area contributed by atoms with E-state index in [1.165, 1.54) is 24.8 Å². The Kier molecular flexibility index (Phi) is 7.26. The van der Waals surface area contributed by atoms with Gasteiger partial charge in [0.1, 0.15) is 11.8 Å². The maximum absolute atomic E-state index is 12.5. The maximum Gasteiger partial charge on any atom is 0.261 e. The van der Waals surface area contributed by atoms with E-state index in [1.54, 1.807) is 31.2 Å². The molecule has 5 nitrogen and oxygen atoms in total. The van der Waals surface area contributed by atoms with Gasteiger partial charge in [-0.3, -0.25) is 9.69 Å². The zero-order valence-electron chi connectivity index (χ0n) is 17.2. The quantitative estimate of drug-likeness (QED) is 0.774. The molecule has 0 spiro atoms. The predicted octanol–water partition coefficient (Wildman–Crippen LogP) is 4.02. The lowest BCUT2D eigenvalue weighted by Crippen LogP contribution is -2.38. The molecule has 29 heavy (non-hydrogen) atoms. The molecule has 0 unspecified atom stereocenters. The van der Waals surface area contributed by atoms with Gasteiger partial charge in [-0.05, 0) is 56.5 Å². The minimum absolute atomic E-state index is 0.195.